The van der Waals surface area contributed by atoms with E-state index < -0.39 is 18.0 Å². The molecule has 2 amide bonds. The number of hydrogen-bond donors (Lipinski definition) is 3. The van der Waals surface area contributed by atoms with Crippen molar-refractivity contribution in [1.29, 1.82) is 0 Å². The van der Waals surface area contributed by atoms with Crippen LogP contribution in [0.5, 0.6) is 0 Å². The molecule has 1 aromatic rings. The van der Waals surface area contributed by atoms with Gasteiger partial charge in [-0.15, -0.1) is 0 Å². The summed E-state index contributed by atoms with van der Waals surface area (Å²) in [7, 11) is 0. The van der Waals surface area contributed by atoms with Gasteiger partial charge in [0.05, 0.1) is 0 Å². The third kappa shape index (κ3) is 3.79. The Morgan fingerprint density at radius 3 is 2.53 bits per heavy atom. The zero-order valence-electron chi connectivity index (χ0n) is 9.86. The van der Waals surface area contributed by atoms with Crippen LogP contribution in [0, 0.1) is 6.92 Å². The molecule has 17 heavy (non-hydrogen) atoms. The molecule has 0 fully saturated rings. The van der Waals surface area contributed by atoms with Crippen LogP contribution in [-0.4, -0.2) is 23.1 Å². The summed E-state index contributed by atoms with van der Waals surface area (Å²) in [6.07, 6.45) is 0.344. The van der Waals surface area contributed by atoms with E-state index in [0.717, 1.165) is 5.56 Å². The number of para-hydroxylation sites is 1. The van der Waals surface area contributed by atoms with E-state index in [-0.39, 0.29) is 0 Å². The first-order chi connectivity index (χ1) is 8.04. The van der Waals surface area contributed by atoms with Crippen LogP contribution in [0.3, 0.4) is 0 Å². The molecular weight excluding hydrogens is 220 g/mol. The van der Waals surface area contributed by atoms with E-state index in [0.29, 0.717) is 12.1 Å². The maximum Gasteiger partial charge on any atom is 0.326 e. The van der Waals surface area contributed by atoms with Gasteiger partial charge in [-0.05, 0) is 25.0 Å². The standard InChI is InChI=1S/C12H16N2O3/c1-3-9(11(15)16)13-12(17)14-10-7-5-4-6-8(10)2/h4-7,9H,3H2,1-2H3,(H,15,16)(H2,13,14,17)/t9-/m1/s1. The van der Waals surface area contributed by atoms with Crippen molar-refractivity contribution in [3.8, 4) is 0 Å². The molecule has 0 saturated heterocycles. The normalized spacial score (nSPS) is 11.6. The second-order valence-corrected chi connectivity index (χ2v) is 3.71. The lowest BCUT2D eigenvalue weighted by Crippen LogP contribution is -2.42. The van der Waals surface area contributed by atoms with Gasteiger partial charge in [0, 0.05) is 5.69 Å². The smallest absolute Gasteiger partial charge is 0.326 e. The summed E-state index contributed by atoms with van der Waals surface area (Å²) in [6, 6.07) is 5.93. The Kier molecular flexibility index (Phi) is 4.51. The molecule has 0 bridgehead atoms. The summed E-state index contributed by atoms with van der Waals surface area (Å²) < 4.78 is 0. The Bertz CT molecular complexity index is 418. The Balaban J connectivity index is 2.61. The molecule has 3 N–H and O–H groups in total. The minimum Gasteiger partial charge on any atom is -0.480 e. The number of carbonyl (C=O) groups excluding carboxylic acids is 1. The highest BCUT2D eigenvalue weighted by atomic mass is 16.4. The number of aryl methyl sites for hydroxylation is 1. The maximum absolute atomic E-state index is 11.6. The molecular formula is C12H16N2O3. The van der Waals surface area contributed by atoms with Gasteiger partial charge >= 0.3 is 12.0 Å². The van der Waals surface area contributed by atoms with E-state index in [4.69, 9.17) is 5.11 Å². The molecule has 0 radical (unpaired) electrons. The highest BCUT2D eigenvalue weighted by molar-refractivity contribution is 5.92. The molecule has 1 rings (SSSR count). The summed E-state index contributed by atoms with van der Waals surface area (Å²) in [4.78, 5) is 22.3. The van der Waals surface area contributed by atoms with Gasteiger partial charge in [-0.25, -0.2) is 9.59 Å². The molecule has 1 atom stereocenters. The average Bonchev–Trinajstić information content (AvgIpc) is 2.28. The van der Waals surface area contributed by atoms with Gasteiger partial charge in [0.15, 0.2) is 0 Å². The first-order valence-corrected chi connectivity index (χ1v) is 5.40. The lowest BCUT2D eigenvalue weighted by molar-refractivity contribution is -0.139. The number of hydrogen-bond acceptors (Lipinski definition) is 2. The van der Waals surface area contributed by atoms with Crippen LogP contribution in [0.2, 0.25) is 0 Å². The number of carbonyl (C=O) groups is 2. The molecule has 5 nitrogen and oxygen atoms in total. The number of aliphatic carboxylic acids is 1. The zero-order chi connectivity index (χ0) is 12.8. The lowest BCUT2D eigenvalue weighted by Gasteiger charge is -2.14. The third-order valence-electron chi connectivity index (χ3n) is 2.40. The van der Waals surface area contributed by atoms with Crippen LogP contribution < -0.4 is 10.6 Å². The second kappa shape index (κ2) is 5.89. The zero-order valence-corrected chi connectivity index (χ0v) is 9.86. The summed E-state index contributed by atoms with van der Waals surface area (Å²) in [5, 5.41) is 13.8. The van der Waals surface area contributed by atoms with Gasteiger partial charge in [0.25, 0.3) is 0 Å². The van der Waals surface area contributed by atoms with Crippen LogP contribution in [0.25, 0.3) is 0 Å². The third-order valence-corrected chi connectivity index (χ3v) is 2.40. The molecule has 1 aromatic carbocycles. The molecule has 0 saturated carbocycles. The molecule has 0 unspecified atom stereocenters. The van der Waals surface area contributed by atoms with Gasteiger partial charge in [-0.1, -0.05) is 25.1 Å². The molecule has 0 spiro atoms. The van der Waals surface area contributed by atoms with Crippen molar-refractivity contribution in [2.24, 2.45) is 0 Å². The largest absolute Gasteiger partial charge is 0.480 e. The van der Waals surface area contributed by atoms with Crippen LogP contribution >= 0.6 is 0 Å². The van der Waals surface area contributed by atoms with E-state index in [9.17, 15) is 9.59 Å². The van der Waals surface area contributed by atoms with Crippen LogP contribution in [0.4, 0.5) is 10.5 Å². The Hall–Kier alpha value is -2.04. The van der Waals surface area contributed by atoms with E-state index in [1.54, 1.807) is 19.1 Å². The number of benzene rings is 1. The molecule has 0 aromatic heterocycles. The van der Waals surface area contributed by atoms with Crippen molar-refractivity contribution in [1.82, 2.24) is 5.32 Å². The Morgan fingerprint density at radius 2 is 2.00 bits per heavy atom. The maximum atomic E-state index is 11.6. The fourth-order valence-corrected chi connectivity index (χ4v) is 1.37. The summed E-state index contributed by atoms with van der Waals surface area (Å²) in [6.45, 7) is 3.57. The topological polar surface area (TPSA) is 78.4 Å². The quantitative estimate of drug-likeness (QED) is 0.748. The Labute approximate surface area is 99.8 Å². The van der Waals surface area contributed by atoms with E-state index in [1.165, 1.54) is 0 Å². The van der Waals surface area contributed by atoms with Crippen molar-refractivity contribution < 1.29 is 14.7 Å². The fourth-order valence-electron chi connectivity index (χ4n) is 1.37. The highest BCUT2D eigenvalue weighted by Crippen LogP contribution is 2.12. The minimum absolute atomic E-state index is 0.344. The molecule has 0 aliphatic carbocycles. The second-order valence-electron chi connectivity index (χ2n) is 3.71. The summed E-state index contributed by atoms with van der Waals surface area (Å²) in [5.74, 6) is -1.03. The van der Waals surface area contributed by atoms with Crippen molar-refractivity contribution in [2.75, 3.05) is 5.32 Å². The van der Waals surface area contributed by atoms with Crippen LogP contribution in [0.15, 0.2) is 24.3 Å². The highest BCUT2D eigenvalue weighted by Gasteiger charge is 2.17. The molecule has 0 aliphatic rings. The first-order valence-electron chi connectivity index (χ1n) is 5.40. The average molecular weight is 236 g/mol. The van der Waals surface area contributed by atoms with Gasteiger partial charge in [0.1, 0.15) is 6.04 Å². The predicted octanol–water partition coefficient (Wildman–Crippen LogP) is 1.98. The number of urea groups is 1. The van der Waals surface area contributed by atoms with Crippen LogP contribution in [-0.2, 0) is 4.79 Å². The van der Waals surface area contributed by atoms with E-state index >= 15 is 0 Å². The number of nitrogens with one attached hydrogen (secondary N) is 2. The van der Waals surface area contributed by atoms with E-state index in [1.807, 2.05) is 19.1 Å². The molecule has 0 aliphatic heterocycles. The molecule has 92 valence electrons. The van der Waals surface area contributed by atoms with Crippen molar-refractivity contribution in [3.63, 3.8) is 0 Å². The van der Waals surface area contributed by atoms with Crippen molar-refractivity contribution in [3.05, 3.63) is 29.8 Å². The molecule has 5 heteroatoms. The summed E-state index contributed by atoms with van der Waals surface area (Å²) >= 11 is 0. The van der Waals surface area contributed by atoms with Crippen molar-refractivity contribution >= 4 is 17.7 Å². The first kappa shape index (κ1) is 13.0. The number of carboxylic acids is 1. The number of carboxylic acid groups (broad SMARTS) is 1. The van der Waals surface area contributed by atoms with Gasteiger partial charge in [-0.3, -0.25) is 0 Å². The number of amides is 2. The lowest BCUT2D eigenvalue weighted by atomic mass is 10.2. The summed E-state index contributed by atoms with van der Waals surface area (Å²) in [5.41, 5.74) is 1.59. The van der Waals surface area contributed by atoms with Crippen LogP contribution in [0.1, 0.15) is 18.9 Å². The number of anilines is 1. The van der Waals surface area contributed by atoms with Gasteiger partial charge in [-0.2, -0.15) is 0 Å². The van der Waals surface area contributed by atoms with E-state index in [2.05, 4.69) is 10.6 Å². The predicted molar refractivity (Wildman–Crippen MR) is 65.0 cm³/mol. The Morgan fingerprint density at radius 1 is 1.35 bits per heavy atom. The number of rotatable bonds is 4. The fraction of sp³-hybridized carbons (Fsp3) is 0.333. The SMILES string of the molecule is CC[C@@H](NC(=O)Nc1ccccc1C)C(=O)O. The molecule has 0 heterocycles. The van der Waals surface area contributed by atoms with Gasteiger partial charge < -0.3 is 15.7 Å². The minimum atomic E-state index is -1.03. The van der Waals surface area contributed by atoms with Gasteiger partial charge in [0.2, 0.25) is 0 Å². The van der Waals surface area contributed by atoms with Crippen molar-refractivity contribution in [2.45, 2.75) is 26.3 Å². The monoisotopic (exact) mass is 236 g/mol.